The van der Waals surface area contributed by atoms with Crippen LogP contribution < -0.4 is 0 Å². The highest BCUT2D eigenvalue weighted by molar-refractivity contribution is 5.82. The van der Waals surface area contributed by atoms with E-state index in [-0.39, 0.29) is 17.9 Å². The lowest BCUT2D eigenvalue weighted by atomic mass is 9.64. The fraction of sp³-hybridized carbons (Fsp3) is 0.409. The average Bonchev–Trinajstić information content (AvgIpc) is 2.92. The van der Waals surface area contributed by atoms with Crippen LogP contribution in [0.3, 0.4) is 0 Å². The summed E-state index contributed by atoms with van der Waals surface area (Å²) in [7, 11) is 0. The summed E-state index contributed by atoms with van der Waals surface area (Å²) >= 11 is 0. The number of hydrogen-bond donors (Lipinski definition) is 1. The number of fused-ring (bicyclic) bond motifs is 1. The maximum absolute atomic E-state index is 12.1. The third-order valence-electron chi connectivity index (χ3n) is 6.03. The molecule has 5 unspecified atom stereocenters. The molecule has 2 aromatic heterocycles. The highest BCUT2D eigenvalue weighted by atomic mass is 16.6. The highest BCUT2D eigenvalue weighted by Gasteiger charge is 2.59. The Bertz CT molecular complexity index is 850. The van der Waals surface area contributed by atoms with E-state index in [9.17, 15) is 9.90 Å². The van der Waals surface area contributed by atoms with Crippen molar-refractivity contribution in [3.63, 3.8) is 0 Å². The third kappa shape index (κ3) is 3.16. The van der Waals surface area contributed by atoms with Crippen LogP contribution in [0.15, 0.2) is 48.9 Å². The van der Waals surface area contributed by atoms with Crippen LogP contribution in [-0.4, -0.2) is 32.7 Å². The molecule has 3 heterocycles. The number of carbonyl (C=O) groups excluding carboxylic acids is 1. The van der Waals surface area contributed by atoms with Crippen LogP contribution in [0.2, 0.25) is 0 Å². The highest BCUT2D eigenvalue weighted by Crippen LogP contribution is 2.49. The van der Waals surface area contributed by atoms with Crippen LogP contribution in [0.25, 0.3) is 17.2 Å². The van der Waals surface area contributed by atoms with E-state index in [0.717, 1.165) is 23.2 Å². The zero-order valence-electron chi connectivity index (χ0n) is 15.6. The Morgan fingerprint density at radius 1 is 1.22 bits per heavy atom. The molecule has 140 valence electrons. The van der Waals surface area contributed by atoms with Crippen molar-refractivity contribution in [1.29, 1.82) is 0 Å². The minimum Gasteiger partial charge on any atom is -0.460 e. The standard InChI is InChI=1S/C22H24N2O3/c1-14-9-10-22(26)20(15(2)27-21(22)25)19(14)8-7-18-6-5-17(13-24-18)16-4-3-11-23-12-16/h3-8,11-15,19-20,26H,9-10H2,1-2H3/b8-7+. The number of aromatic nitrogens is 2. The number of ether oxygens (including phenoxy) is 1. The molecule has 0 bridgehead atoms. The number of carbonyl (C=O) groups is 1. The molecule has 0 radical (unpaired) electrons. The fourth-order valence-corrected chi connectivity index (χ4v) is 4.49. The van der Waals surface area contributed by atoms with Crippen LogP contribution in [0.4, 0.5) is 0 Å². The molecule has 2 aliphatic rings. The van der Waals surface area contributed by atoms with E-state index in [1.165, 1.54) is 0 Å². The van der Waals surface area contributed by atoms with E-state index >= 15 is 0 Å². The molecule has 1 aliphatic carbocycles. The molecule has 27 heavy (non-hydrogen) atoms. The molecule has 5 nitrogen and oxygen atoms in total. The smallest absolute Gasteiger partial charge is 0.338 e. The second-order valence-corrected chi connectivity index (χ2v) is 7.73. The molecule has 5 heteroatoms. The van der Waals surface area contributed by atoms with Crippen LogP contribution in [-0.2, 0) is 9.53 Å². The van der Waals surface area contributed by atoms with Gasteiger partial charge in [0.15, 0.2) is 5.60 Å². The summed E-state index contributed by atoms with van der Waals surface area (Å²) in [5, 5.41) is 10.9. The first-order valence-electron chi connectivity index (χ1n) is 9.47. The van der Waals surface area contributed by atoms with Crippen molar-refractivity contribution in [3.8, 4) is 11.1 Å². The van der Waals surface area contributed by atoms with Crippen LogP contribution in [0.1, 0.15) is 32.4 Å². The normalized spacial score (nSPS) is 33.1. The van der Waals surface area contributed by atoms with Gasteiger partial charge in [0.25, 0.3) is 0 Å². The molecule has 1 saturated heterocycles. The number of pyridine rings is 2. The zero-order valence-corrected chi connectivity index (χ0v) is 15.6. The third-order valence-corrected chi connectivity index (χ3v) is 6.03. The summed E-state index contributed by atoms with van der Waals surface area (Å²) in [6.07, 6.45) is 10.5. The van der Waals surface area contributed by atoms with E-state index in [0.29, 0.717) is 12.3 Å². The van der Waals surface area contributed by atoms with Gasteiger partial charge in [0, 0.05) is 35.6 Å². The van der Waals surface area contributed by atoms with E-state index < -0.39 is 11.6 Å². The lowest BCUT2D eigenvalue weighted by molar-refractivity contribution is -0.158. The Hall–Kier alpha value is -2.53. The SMILES string of the molecule is CC1CCC2(O)C(=O)OC(C)C2C1/C=C/c1ccc(-c2cccnc2)cn1. The summed E-state index contributed by atoms with van der Waals surface area (Å²) in [4.78, 5) is 20.8. The summed E-state index contributed by atoms with van der Waals surface area (Å²) < 4.78 is 5.36. The maximum atomic E-state index is 12.1. The monoisotopic (exact) mass is 364 g/mol. The molecular formula is C22H24N2O3. The number of hydrogen-bond acceptors (Lipinski definition) is 5. The first-order valence-corrected chi connectivity index (χ1v) is 9.47. The molecule has 2 fully saturated rings. The Balaban J connectivity index is 1.55. The number of allylic oxidation sites excluding steroid dienone is 1. The van der Waals surface area contributed by atoms with E-state index in [4.69, 9.17) is 4.74 Å². The Morgan fingerprint density at radius 3 is 2.74 bits per heavy atom. The zero-order chi connectivity index (χ0) is 19.0. The van der Waals surface area contributed by atoms with Gasteiger partial charge < -0.3 is 9.84 Å². The number of rotatable bonds is 3. The molecule has 2 aromatic rings. The van der Waals surface area contributed by atoms with Crippen molar-refractivity contribution in [1.82, 2.24) is 9.97 Å². The molecule has 4 rings (SSSR count). The van der Waals surface area contributed by atoms with E-state index in [1.54, 1.807) is 6.20 Å². The fourth-order valence-electron chi connectivity index (χ4n) is 4.49. The van der Waals surface area contributed by atoms with Gasteiger partial charge >= 0.3 is 5.97 Å². The van der Waals surface area contributed by atoms with E-state index in [1.807, 2.05) is 49.7 Å². The van der Waals surface area contributed by atoms with Gasteiger partial charge in [0.2, 0.25) is 0 Å². The summed E-state index contributed by atoms with van der Waals surface area (Å²) in [5.41, 5.74) is 1.55. The Morgan fingerprint density at radius 2 is 2.04 bits per heavy atom. The van der Waals surface area contributed by atoms with Crippen molar-refractivity contribution in [2.75, 3.05) is 0 Å². The van der Waals surface area contributed by atoms with E-state index in [2.05, 4.69) is 23.0 Å². The number of nitrogens with zero attached hydrogens (tertiary/aromatic N) is 2. The molecule has 0 spiro atoms. The number of cyclic esters (lactones) is 1. The van der Waals surface area contributed by atoms with Crippen molar-refractivity contribution >= 4 is 12.0 Å². The van der Waals surface area contributed by atoms with Gasteiger partial charge in [0.1, 0.15) is 6.10 Å². The molecule has 1 aliphatic heterocycles. The minimum absolute atomic E-state index is 0.0741. The lowest BCUT2D eigenvalue weighted by Crippen LogP contribution is -2.50. The van der Waals surface area contributed by atoms with Gasteiger partial charge in [-0.1, -0.05) is 25.1 Å². The minimum atomic E-state index is -1.35. The van der Waals surface area contributed by atoms with Gasteiger partial charge in [0.05, 0.1) is 5.69 Å². The van der Waals surface area contributed by atoms with Crippen molar-refractivity contribution in [3.05, 3.63) is 54.6 Å². The maximum Gasteiger partial charge on any atom is 0.338 e. The second-order valence-electron chi connectivity index (χ2n) is 7.73. The quantitative estimate of drug-likeness (QED) is 0.844. The molecule has 5 atom stereocenters. The molecule has 1 saturated carbocycles. The first-order chi connectivity index (χ1) is 13.0. The first kappa shape index (κ1) is 17.9. The predicted octanol–water partition coefficient (Wildman–Crippen LogP) is 3.50. The molecule has 0 amide bonds. The largest absolute Gasteiger partial charge is 0.460 e. The number of esters is 1. The Kier molecular flexibility index (Phi) is 4.56. The summed E-state index contributed by atoms with van der Waals surface area (Å²) in [5.74, 6) is -0.230. The molecular weight excluding hydrogens is 340 g/mol. The van der Waals surface area contributed by atoms with Crippen LogP contribution in [0, 0.1) is 17.8 Å². The lowest BCUT2D eigenvalue weighted by Gasteiger charge is -2.40. The topological polar surface area (TPSA) is 72.3 Å². The van der Waals surface area contributed by atoms with Crippen molar-refractivity contribution < 1.29 is 14.6 Å². The predicted molar refractivity (Wildman–Crippen MR) is 102 cm³/mol. The van der Waals surface area contributed by atoms with Gasteiger partial charge in [-0.05, 0) is 49.8 Å². The van der Waals surface area contributed by atoms with Gasteiger partial charge in [-0.25, -0.2) is 4.79 Å². The summed E-state index contributed by atoms with van der Waals surface area (Å²) in [6.45, 7) is 4.05. The van der Waals surface area contributed by atoms with Crippen LogP contribution in [0.5, 0.6) is 0 Å². The second kappa shape index (κ2) is 6.89. The molecule has 1 N–H and O–H groups in total. The van der Waals surface area contributed by atoms with Crippen molar-refractivity contribution in [2.24, 2.45) is 17.8 Å². The average molecular weight is 364 g/mol. The number of aliphatic hydroxyl groups is 1. The van der Waals surface area contributed by atoms with Gasteiger partial charge in [-0.2, -0.15) is 0 Å². The summed E-state index contributed by atoms with van der Waals surface area (Å²) in [6, 6.07) is 7.90. The van der Waals surface area contributed by atoms with Crippen molar-refractivity contribution in [2.45, 2.75) is 38.4 Å². The van der Waals surface area contributed by atoms with Gasteiger partial charge in [-0.15, -0.1) is 0 Å². The van der Waals surface area contributed by atoms with Gasteiger partial charge in [-0.3, -0.25) is 9.97 Å². The van der Waals surface area contributed by atoms with Crippen LogP contribution >= 0.6 is 0 Å². The Labute approximate surface area is 159 Å². The molecule has 0 aromatic carbocycles.